The first-order valence-electron chi connectivity index (χ1n) is 5.41. The maximum absolute atomic E-state index is 5.74. The van der Waals surface area contributed by atoms with E-state index in [-0.39, 0.29) is 0 Å². The number of fused-ring (bicyclic) bond motifs is 1. The van der Waals surface area contributed by atoms with Gasteiger partial charge in [0.05, 0.1) is 11.9 Å². The average Bonchev–Trinajstić information content (AvgIpc) is 2.42. The van der Waals surface area contributed by atoms with E-state index in [2.05, 4.69) is 20.3 Å². The molecule has 0 bridgehead atoms. The number of hydrogen-bond acceptors (Lipinski definition) is 4. The predicted molar refractivity (Wildman–Crippen MR) is 72.1 cm³/mol. The lowest BCUT2D eigenvalue weighted by molar-refractivity contribution is 1.27. The van der Waals surface area contributed by atoms with Crippen LogP contribution >= 0.6 is 11.6 Å². The van der Waals surface area contributed by atoms with Crippen LogP contribution in [0.5, 0.6) is 0 Å². The van der Waals surface area contributed by atoms with Gasteiger partial charge in [-0.2, -0.15) is 0 Å². The molecule has 0 unspecified atom stereocenters. The second kappa shape index (κ2) is 4.58. The zero-order valence-corrected chi connectivity index (χ0v) is 10.1. The van der Waals surface area contributed by atoms with E-state index in [9.17, 15) is 0 Å². The van der Waals surface area contributed by atoms with Crippen LogP contribution in [0.2, 0.25) is 5.15 Å². The molecule has 0 aliphatic carbocycles. The first kappa shape index (κ1) is 10.9. The average molecular weight is 257 g/mol. The Labute approximate surface area is 109 Å². The molecule has 0 fully saturated rings. The van der Waals surface area contributed by atoms with Gasteiger partial charge in [-0.3, -0.25) is 4.98 Å². The van der Waals surface area contributed by atoms with E-state index in [4.69, 9.17) is 11.6 Å². The molecule has 1 N–H and O–H groups in total. The van der Waals surface area contributed by atoms with Gasteiger partial charge in [-0.15, -0.1) is 0 Å². The summed E-state index contributed by atoms with van der Waals surface area (Å²) in [5.74, 6) is 0.706. The highest BCUT2D eigenvalue weighted by molar-refractivity contribution is 6.29. The Bertz CT molecular complexity index is 677. The highest BCUT2D eigenvalue weighted by Crippen LogP contribution is 2.22. The van der Waals surface area contributed by atoms with Gasteiger partial charge in [0.15, 0.2) is 5.82 Å². The first-order chi connectivity index (χ1) is 8.83. The third kappa shape index (κ3) is 2.10. The Morgan fingerprint density at radius 2 is 1.89 bits per heavy atom. The largest absolute Gasteiger partial charge is 0.337 e. The van der Waals surface area contributed by atoms with E-state index in [1.807, 2.05) is 24.3 Å². The lowest BCUT2D eigenvalue weighted by Gasteiger charge is -2.07. The molecule has 3 aromatic rings. The summed E-state index contributed by atoms with van der Waals surface area (Å²) < 4.78 is 0. The van der Waals surface area contributed by atoms with Crippen LogP contribution in [0.1, 0.15) is 0 Å². The monoisotopic (exact) mass is 256 g/mol. The molecule has 0 amide bonds. The highest BCUT2D eigenvalue weighted by Gasteiger charge is 2.03. The summed E-state index contributed by atoms with van der Waals surface area (Å²) in [5.41, 5.74) is 1.65. The normalized spacial score (nSPS) is 10.5. The fraction of sp³-hybridized carbons (Fsp3) is 0. The van der Waals surface area contributed by atoms with Gasteiger partial charge >= 0.3 is 0 Å². The highest BCUT2D eigenvalue weighted by atomic mass is 35.5. The van der Waals surface area contributed by atoms with E-state index in [0.29, 0.717) is 11.0 Å². The Morgan fingerprint density at radius 3 is 2.72 bits per heavy atom. The van der Waals surface area contributed by atoms with Crippen LogP contribution in [0, 0.1) is 0 Å². The van der Waals surface area contributed by atoms with Gasteiger partial charge in [-0.05, 0) is 24.3 Å². The van der Waals surface area contributed by atoms with E-state index >= 15 is 0 Å². The topological polar surface area (TPSA) is 50.7 Å². The molecule has 5 heteroatoms. The zero-order valence-electron chi connectivity index (χ0n) is 9.34. The quantitative estimate of drug-likeness (QED) is 0.714. The molecule has 3 rings (SSSR count). The van der Waals surface area contributed by atoms with E-state index in [1.165, 1.54) is 0 Å². The molecule has 0 saturated carbocycles. The second-order valence-corrected chi connectivity index (χ2v) is 4.12. The third-order valence-corrected chi connectivity index (χ3v) is 2.73. The van der Waals surface area contributed by atoms with Crippen LogP contribution in [-0.4, -0.2) is 15.0 Å². The predicted octanol–water partition coefficient (Wildman–Crippen LogP) is 3.42. The summed E-state index contributed by atoms with van der Waals surface area (Å²) in [5, 5.41) is 4.68. The lowest BCUT2D eigenvalue weighted by Crippen LogP contribution is -1.96. The summed E-state index contributed by atoms with van der Waals surface area (Å²) in [7, 11) is 0. The second-order valence-electron chi connectivity index (χ2n) is 3.73. The molecule has 0 atom stereocenters. The van der Waals surface area contributed by atoms with Crippen LogP contribution in [0.15, 0.2) is 48.9 Å². The lowest BCUT2D eigenvalue weighted by atomic mass is 10.2. The number of anilines is 2. The van der Waals surface area contributed by atoms with Gasteiger partial charge in [0.25, 0.3) is 0 Å². The summed E-state index contributed by atoms with van der Waals surface area (Å²) in [6, 6.07) is 9.39. The van der Waals surface area contributed by atoms with Crippen molar-refractivity contribution in [2.24, 2.45) is 0 Å². The van der Waals surface area contributed by atoms with Crippen molar-refractivity contribution in [1.82, 2.24) is 15.0 Å². The number of aromatic nitrogens is 3. The fourth-order valence-electron chi connectivity index (χ4n) is 1.68. The number of pyridine rings is 3. The number of nitrogens with zero attached hydrogens (tertiary/aromatic N) is 3. The maximum atomic E-state index is 5.74. The van der Waals surface area contributed by atoms with Crippen molar-refractivity contribution in [3.8, 4) is 0 Å². The number of rotatable bonds is 2. The summed E-state index contributed by atoms with van der Waals surface area (Å²) >= 11 is 5.74. The first-order valence-corrected chi connectivity index (χ1v) is 5.79. The van der Waals surface area contributed by atoms with Crippen molar-refractivity contribution in [3.63, 3.8) is 0 Å². The van der Waals surface area contributed by atoms with Crippen molar-refractivity contribution in [2.75, 3.05) is 5.32 Å². The van der Waals surface area contributed by atoms with Crippen LogP contribution in [0.3, 0.4) is 0 Å². The molecule has 0 saturated heterocycles. The third-order valence-electron chi connectivity index (χ3n) is 2.51. The van der Waals surface area contributed by atoms with E-state index < -0.39 is 0 Å². The van der Waals surface area contributed by atoms with E-state index in [1.54, 1.807) is 24.7 Å². The standard InChI is InChI=1S/C13H9ClN4/c14-11-4-3-10(8-17-11)18-13-12-9(5-7-16-13)2-1-6-15-12/h1-8H,(H,16,18). The summed E-state index contributed by atoms with van der Waals surface area (Å²) in [4.78, 5) is 12.6. The van der Waals surface area contributed by atoms with Crippen molar-refractivity contribution < 1.29 is 0 Å². The van der Waals surface area contributed by atoms with Gasteiger partial charge in [-0.1, -0.05) is 17.7 Å². The zero-order chi connectivity index (χ0) is 12.4. The molecule has 3 aromatic heterocycles. The Morgan fingerprint density at radius 1 is 0.944 bits per heavy atom. The van der Waals surface area contributed by atoms with Crippen LogP contribution in [0.4, 0.5) is 11.5 Å². The minimum atomic E-state index is 0.463. The maximum Gasteiger partial charge on any atom is 0.156 e. The molecule has 4 nitrogen and oxygen atoms in total. The molecule has 18 heavy (non-hydrogen) atoms. The molecule has 88 valence electrons. The molecule has 0 aromatic carbocycles. The minimum Gasteiger partial charge on any atom is -0.337 e. The molecule has 0 radical (unpaired) electrons. The van der Waals surface area contributed by atoms with Gasteiger partial charge < -0.3 is 5.32 Å². The SMILES string of the molecule is Clc1ccc(Nc2nccc3cccnc23)cn1. The fourth-order valence-corrected chi connectivity index (χ4v) is 1.79. The van der Waals surface area contributed by atoms with Crippen LogP contribution in [0.25, 0.3) is 10.9 Å². The van der Waals surface area contributed by atoms with Crippen molar-refractivity contribution in [3.05, 3.63) is 54.1 Å². The number of nitrogens with one attached hydrogen (secondary N) is 1. The smallest absolute Gasteiger partial charge is 0.156 e. The van der Waals surface area contributed by atoms with Crippen LogP contribution < -0.4 is 5.32 Å². The Hall–Kier alpha value is -2.20. The van der Waals surface area contributed by atoms with Gasteiger partial charge in [0.2, 0.25) is 0 Å². The van der Waals surface area contributed by atoms with Crippen molar-refractivity contribution in [2.45, 2.75) is 0 Å². The number of hydrogen-bond donors (Lipinski definition) is 1. The summed E-state index contributed by atoms with van der Waals surface area (Å²) in [6.07, 6.45) is 5.15. The van der Waals surface area contributed by atoms with Crippen molar-refractivity contribution >= 4 is 34.0 Å². The van der Waals surface area contributed by atoms with E-state index in [0.717, 1.165) is 16.6 Å². The molecule has 0 aliphatic heterocycles. The Kier molecular flexibility index (Phi) is 2.78. The minimum absolute atomic E-state index is 0.463. The molecular weight excluding hydrogens is 248 g/mol. The number of halogens is 1. The summed E-state index contributed by atoms with van der Waals surface area (Å²) in [6.45, 7) is 0. The molecular formula is C13H9ClN4. The molecule has 3 heterocycles. The van der Waals surface area contributed by atoms with Gasteiger partial charge in [0, 0.05) is 17.8 Å². The Balaban J connectivity index is 2.02. The van der Waals surface area contributed by atoms with Gasteiger partial charge in [-0.25, -0.2) is 9.97 Å². The van der Waals surface area contributed by atoms with Gasteiger partial charge in [0.1, 0.15) is 10.7 Å². The molecule has 0 aliphatic rings. The molecule has 0 spiro atoms. The van der Waals surface area contributed by atoms with Crippen molar-refractivity contribution in [1.29, 1.82) is 0 Å². The van der Waals surface area contributed by atoms with Crippen LogP contribution in [-0.2, 0) is 0 Å².